The number of carbonyl (C=O) groups is 1. The zero-order valence-corrected chi connectivity index (χ0v) is 11.6. The summed E-state index contributed by atoms with van der Waals surface area (Å²) in [6, 6.07) is 4.38. The van der Waals surface area contributed by atoms with Crippen molar-refractivity contribution in [2.24, 2.45) is 0 Å². The molecule has 0 amide bonds. The molecule has 0 aliphatic carbocycles. The summed E-state index contributed by atoms with van der Waals surface area (Å²) in [7, 11) is -3.60. The first-order valence-corrected chi connectivity index (χ1v) is 7.55. The third-order valence-electron chi connectivity index (χ3n) is 3.37. The zero-order valence-electron chi connectivity index (χ0n) is 10.8. The molecule has 1 N–H and O–H groups in total. The van der Waals surface area contributed by atoms with Crippen molar-refractivity contribution in [1.29, 1.82) is 0 Å². The molecular formula is C13H14FNO3S. The first kappa shape index (κ1) is 13.7. The van der Waals surface area contributed by atoms with E-state index in [2.05, 4.69) is 4.98 Å². The molecule has 0 unspecified atom stereocenters. The average Bonchev–Trinajstić information content (AvgIpc) is 2.71. The maximum absolute atomic E-state index is 13.8. The molecule has 2 aromatic rings. The van der Waals surface area contributed by atoms with Crippen LogP contribution in [0.2, 0.25) is 0 Å². The van der Waals surface area contributed by atoms with E-state index in [0.717, 1.165) is 6.26 Å². The van der Waals surface area contributed by atoms with Gasteiger partial charge in [0.15, 0.2) is 15.6 Å². The molecule has 0 bridgehead atoms. The highest BCUT2D eigenvalue weighted by molar-refractivity contribution is 7.92. The highest BCUT2D eigenvalue weighted by Gasteiger charge is 2.40. The van der Waals surface area contributed by atoms with E-state index in [9.17, 15) is 17.6 Å². The largest absolute Gasteiger partial charge is 0.360 e. The third kappa shape index (κ3) is 2.06. The number of aromatic amines is 1. The Kier molecular flexibility index (Phi) is 3.01. The third-order valence-corrected chi connectivity index (χ3v) is 5.41. The van der Waals surface area contributed by atoms with Gasteiger partial charge in [0, 0.05) is 28.9 Å². The number of sulfone groups is 1. The van der Waals surface area contributed by atoms with Crippen LogP contribution in [-0.2, 0) is 9.84 Å². The van der Waals surface area contributed by atoms with E-state index in [0.29, 0.717) is 5.52 Å². The van der Waals surface area contributed by atoms with Crippen LogP contribution in [0.3, 0.4) is 0 Å². The summed E-state index contributed by atoms with van der Waals surface area (Å²) in [6.07, 6.45) is 2.35. The van der Waals surface area contributed by atoms with Gasteiger partial charge in [-0.05, 0) is 26.0 Å². The summed E-state index contributed by atoms with van der Waals surface area (Å²) < 4.78 is 35.6. The van der Waals surface area contributed by atoms with E-state index >= 15 is 0 Å². The molecule has 0 spiro atoms. The molecule has 0 atom stereocenters. The molecule has 0 aliphatic rings. The standard InChI is InChI=1S/C13H14FNO3S/c1-13(2,19(3,17)18)12(16)8-7-15-10-6-4-5-9(14)11(8)10/h4-7,15H,1-3H3. The molecule has 1 heterocycles. The van der Waals surface area contributed by atoms with E-state index < -0.39 is 26.2 Å². The number of rotatable bonds is 3. The van der Waals surface area contributed by atoms with E-state index in [1.54, 1.807) is 6.07 Å². The molecule has 6 heteroatoms. The van der Waals surface area contributed by atoms with Crippen LogP contribution in [0.5, 0.6) is 0 Å². The van der Waals surface area contributed by atoms with Gasteiger partial charge in [0.1, 0.15) is 10.6 Å². The molecule has 0 radical (unpaired) electrons. The van der Waals surface area contributed by atoms with Crippen LogP contribution >= 0.6 is 0 Å². The normalized spacial score (nSPS) is 12.8. The minimum atomic E-state index is -3.60. The number of halogens is 1. The van der Waals surface area contributed by atoms with Crippen LogP contribution in [0.1, 0.15) is 24.2 Å². The molecule has 0 saturated heterocycles. The number of hydrogen-bond acceptors (Lipinski definition) is 3. The Morgan fingerprint density at radius 2 is 1.95 bits per heavy atom. The van der Waals surface area contributed by atoms with Gasteiger partial charge >= 0.3 is 0 Å². The van der Waals surface area contributed by atoms with E-state index in [1.807, 2.05) is 0 Å². The monoisotopic (exact) mass is 283 g/mol. The van der Waals surface area contributed by atoms with Crippen molar-refractivity contribution in [3.63, 3.8) is 0 Å². The fourth-order valence-corrected chi connectivity index (χ4v) is 2.26. The van der Waals surface area contributed by atoms with Crippen molar-refractivity contribution in [3.05, 3.63) is 35.8 Å². The average molecular weight is 283 g/mol. The zero-order chi connectivity index (χ0) is 14.4. The van der Waals surface area contributed by atoms with Gasteiger partial charge in [-0.25, -0.2) is 12.8 Å². The fourth-order valence-electron chi connectivity index (χ4n) is 1.81. The van der Waals surface area contributed by atoms with Crippen LogP contribution in [0.15, 0.2) is 24.4 Å². The Labute approximate surface area is 110 Å². The number of ketones is 1. The smallest absolute Gasteiger partial charge is 0.185 e. The van der Waals surface area contributed by atoms with Crippen molar-refractivity contribution in [2.75, 3.05) is 6.26 Å². The number of Topliss-reactive ketones (excluding diaryl/α,β-unsaturated/α-hetero) is 1. The Morgan fingerprint density at radius 1 is 1.32 bits per heavy atom. The summed E-state index contributed by atoms with van der Waals surface area (Å²) >= 11 is 0. The second kappa shape index (κ2) is 4.16. The summed E-state index contributed by atoms with van der Waals surface area (Å²) in [5.74, 6) is -1.17. The molecule has 19 heavy (non-hydrogen) atoms. The van der Waals surface area contributed by atoms with Gasteiger partial charge < -0.3 is 4.98 Å². The Hall–Kier alpha value is -1.69. The lowest BCUT2D eigenvalue weighted by Gasteiger charge is -2.20. The SMILES string of the molecule is CC(C)(C(=O)c1c[nH]c2cccc(F)c12)S(C)(=O)=O. The first-order valence-electron chi connectivity index (χ1n) is 5.66. The minimum Gasteiger partial charge on any atom is -0.360 e. The quantitative estimate of drug-likeness (QED) is 0.879. The number of hydrogen-bond donors (Lipinski definition) is 1. The summed E-state index contributed by atoms with van der Waals surface area (Å²) in [5.41, 5.74) is 0.524. The summed E-state index contributed by atoms with van der Waals surface area (Å²) in [5, 5.41) is 0.129. The molecule has 2 rings (SSSR count). The molecule has 0 aliphatic heterocycles. The number of nitrogens with one attached hydrogen (secondary N) is 1. The Balaban J connectivity index is 2.67. The molecule has 102 valence electrons. The van der Waals surface area contributed by atoms with Crippen molar-refractivity contribution < 1.29 is 17.6 Å². The second-order valence-electron chi connectivity index (χ2n) is 4.98. The first-order chi connectivity index (χ1) is 8.66. The van der Waals surface area contributed by atoms with Crippen molar-refractivity contribution >= 4 is 26.5 Å². The minimum absolute atomic E-state index is 0.0588. The Morgan fingerprint density at radius 3 is 2.53 bits per heavy atom. The van der Waals surface area contributed by atoms with Crippen LogP contribution in [0, 0.1) is 5.82 Å². The number of H-pyrrole nitrogens is 1. The summed E-state index contributed by atoms with van der Waals surface area (Å²) in [4.78, 5) is 15.2. The maximum Gasteiger partial charge on any atom is 0.185 e. The second-order valence-corrected chi connectivity index (χ2v) is 7.54. The van der Waals surface area contributed by atoms with Gasteiger partial charge in [0.25, 0.3) is 0 Å². The lowest BCUT2D eigenvalue weighted by molar-refractivity contribution is 0.0955. The molecule has 0 fully saturated rings. The van der Waals surface area contributed by atoms with Crippen molar-refractivity contribution in [2.45, 2.75) is 18.6 Å². The predicted molar refractivity (Wildman–Crippen MR) is 71.5 cm³/mol. The van der Waals surface area contributed by atoms with Gasteiger partial charge in [-0.1, -0.05) is 6.07 Å². The van der Waals surface area contributed by atoms with Gasteiger partial charge in [0.05, 0.1) is 0 Å². The van der Waals surface area contributed by atoms with E-state index in [1.165, 1.54) is 32.2 Å². The number of fused-ring (bicyclic) bond motifs is 1. The van der Waals surface area contributed by atoms with Crippen LogP contribution in [0.4, 0.5) is 4.39 Å². The highest BCUT2D eigenvalue weighted by Crippen LogP contribution is 2.28. The van der Waals surface area contributed by atoms with Crippen molar-refractivity contribution in [3.8, 4) is 0 Å². The predicted octanol–water partition coefficient (Wildman–Crippen LogP) is 2.31. The van der Waals surface area contributed by atoms with E-state index in [-0.39, 0.29) is 10.9 Å². The Bertz CT molecular complexity index is 759. The van der Waals surface area contributed by atoms with Gasteiger partial charge in [0.2, 0.25) is 0 Å². The lowest BCUT2D eigenvalue weighted by atomic mass is 9.99. The number of carbonyl (C=O) groups excluding carboxylic acids is 1. The number of aromatic nitrogens is 1. The number of benzene rings is 1. The van der Waals surface area contributed by atoms with E-state index in [4.69, 9.17) is 0 Å². The highest BCUT2D eigenvalue weighted by atomic mass is 32.2. The fraction of sp³-hybridized carbons (Fsp3) is 0.308. The molecule has 4 nitrogen and oxygen atoms in total. The van der Waals surface area contributed by atoms with Gasteiger partial charge in [-0.3, -0.25) is 4.79 Å². The molecule has 0 saturated carbocycles. The van der Waals surface area contributed by atoms with Gasteiger partial charge in [-0.2, -0.15) is 0 Å². The molecule has 1 aromatic heterocycles. The lowest BCUT2D eigenvalue weighted by Crippen LogP contribution is -2.39. The van der Waals surface area contributed by atoms with Crippen molar-refractivity contribution in [1.82, 2.24) is 4.98 Å². The maximum atomic E-state index is 13.8. The summed E-state index contributed by atoms with van der Waals surface area (Å²) in [6.45, 7) is 2.65. The van der Waals surface area contributed by atoms with Crippen LogP contribution < -0.4 is 0 Å². The topological polar surface area (TPSA) is 67.0 Å². The van der Waals surface area contributed by atoms with Crippen LogP contribution in [-0.4, -0.2) is 30.2 Å². The molecule has 1 aromatic carbocycles. The van der Waals surface area contributed by atoms with Gasteiger partial charge in [-0.15, -0.1) is 0 Å². The van der Waals surface area contributed by atoms with Crippen LogP contribution in [0.25, 0.3) is 10.9 Å². The molecular weight excluding hydrogens is 269 g/mol.